The van der Waals surface area contributed by atoms with Gasteiger partial charge in [0.2, 0.25) is 0 Å². The Morgan fingerprint density at radius 1 is 1.08 bits per heavy atom. The minimum atomic E-state index is -0.661. The number of aromatic nitrogens is 4. The molecule has 0 atom stereocenters. The molecule has 3 N–H and O–H groups in total. The Bertz CT molecular complexity index is 1640. The van der Waals surface area contributed by atoms with E-state index < -0.39 is 11.8 Å². The molecule has 0 saturated heterocycles. The van der Waals surface area contributed by atoms with E-state index in [1.807, 2.05) is 64.1 Å². The number of ether oxygens (including phenoxy) is 1. The van der Waals surface area contributed by atoms with Crippen LogP contribution >= 0.6 is 11.6 Å². The molecule has 8 nitrogen and oxygen atoms in total. The van der Waals surface area contributed by atoms with Crippen molar-refractivity contribution in [3.8, 4) is 17.2 Å². The maximum absolute atomic E-state index is 15.0. The lowest BCUT2D eigenvalue weighted by Crippen LogP contribution is -2.21. The third-order valence-electron chi connectivity index (χ3n) is 5.90. The van der Waals surface area contributed by atoms with Crippen LogP contribution in [-0.4, -0.2) is 25.8 Å². The first kappa shape index (κ1) is 25.3. The molecule has 194 valence electrons. The lowest BCUT2D eigenvalue weighted by molar-refractivity contribution is 0.262. The number of para-hydroxylation sites is 1. The zero-order valence-electron chi connectivity index (χ0n) is 21.3. The van der Waals surface area contributed by atoms with E-state index in [1.165, 1.54) is 12.1 Å². The number of fused-ring (bicyclic) bond motifs is 1. The number of urea groups is 1. The van der Waals surface area contributed by atoms with Gasteiger partial charge >= 0.3 is 6.03 Å². The monoisotopic (exact) mass is 532 g/mol. The van der Waals surface area contributed by atoms with Crippen LogP contribution in [0.3, 0.4) is 0 Å². The highest BCUT2D eigenvalue weighted by atomic mass is 35.5. The molecule has 0 aliphatic rings. The summed E-state index contributed by atoms with van der Waals surface area (Å²) in [5.74, 6) is 0.476. The van der Waals surface area contributed by atoms with Gasteiger partial charge in [-0.15, -0.1) is 0 Å². The summed E-state index contributed by atoms with van der Waals surface area (Å²) < 4.78 is 22.5. The highest BCUT2D eigenvalue weighted by Gasteiger charge is 2.22. The Labute approximate surface area is 223 Å². The largest absolute Gasteiger partial charge is 0.456 e. The number of carbonyl (C=O) groups is 1. The predicted molar refractivity (Wildman–Crippen MR) is 147 cm³/mol. The number of hydrogen-bond acceptors (Lipinski definition) is 4. The Kier molecular flexibility index (Phi) is 6.54. The van der Waals surface area contributed by atoms with E-state index in [1.54, 1.807) is 23.0 Å². The third-order valence-corrected chi connectivity index (χ3v) is 6.38. The number of anilines is 2. The molecule has 0 aliphatic heterocycles. The maximum Gasteiger partial charge on any atom is 0.324 e. The second-order valence-corrected chi connectivity index (χ2v) is 10.2. The van der Waals surface area contributed by atoms with Gasteiger partial charge in [0.1, 0.15) is 28.8 Å². The number of pyridine rings is 1. The van der Waals surface area contributed by atoms with Crippen LogP contribution in [0.15, 0.2) is 66.9 Å². The molecule has 5 aromatic rings. The van der Waals surface area contributed by atoms with Crippen LogP contribution < -0.4 is 15.4 Å². The molecule has 38 heavy (non-hydrogen) atoms. The number of H-pyrrole nitrogens is 1. The summed E-state index contributed by atoms with van der Waals surface area (Å²) in [4.78, 5) is 20.2. The van der Waals surface area contributed by atoms with E-state index in [-0.39, 0.29) is 16.9 Å². The molecular formula is C28H26ClFN6O2. The van der Waals surface area contributed by atoms with E-state index in [0.717, 1.165) is 17.1 Å². The van der Waals surface area contributed by atoms with E-state index >= 15 is 0 Å². The van der Waals surface area contributed by atoms with Crippen molar-refractivity contribution in [2.45, 2.75) is 33.1 Å². The summed E-state index contributed by atoms with van der Waals surface area (Å²) in [7, 11) is 0. The number of amides is 2. The van der Waals surface area contributed by atoms with E-state index in [2.05, 4.69) is 25.7 Å². The topological polar surface area (TPSA) is 96.9 Å². The fourth-order valence-electron chi connectivity index (χ4n) is 3.92. The summed E-state index contributed by atoms with van der Waals surface area (Å²) in [6.07, 6.45) is 1.58. The molecule has 0 spiro atoms. The van der Waals surface area contributed by atoms with E-state index in [9.17, 15) is 9.18 Å². The molecule has 0 bridgehead atoms. The molecule has 3 heterocycles. The number of benzene rings is 2. The number of halogens is 2. The van der Waals surface area contributed by atoms with Gasteiger partial charge in [0.25, 0.3) is 0 Å². The van der Waals surface area contributed by atoms with Gasteiger partial charge in [0.15, 0.2) is 0 Å². The minimum Gasteiger partial charge on any atom is -0.456 e. The van der Waals surface area contributed by atoms with Crippen molar-refractivity contribution >= 4 is 40.2 Å². The van der Waals surface area contributed by atoms with Gasteiger partial charge in [-0.3, -0.25) is 5.32 Å². The van der Waals surface area contributed by atoms with Crippen molar-refractivity contribution in [3.05, 3.63) is 89.1 Å². The number of nitrogens with zero attached hydrogens (tertiary/aromatic N) is 3. The van der Waals surface area contributed by atoms with Gasteiger partial charge in [-0.05, 0) is 37.3 Å². The third kappa shape index (κ3) is 5.05. The van der Waals surface area contributed by atoms with Crippen LogP contribution in [0, 0.1) is 12.7 Å². The molecular weight excluding hydrogens is 507 g/mol. The first-order valence-corrected chi connectivity index (χ1v) is 12.3. The van der Waals surface area contributed by atoms with Crippen LogP contribution in [0.1, 0.15) is 32.2 Å². The quantitative estimate of drug-likeness (QED) is 0.217. The van der Waals surface area contributed by atoms with E-state index in [0.29, 0.717) is 27.6 Å². The Morgan fingerprint density at radius 3 is 2.55 bits per heavy atom. The average molecular weight is 533 g/mol. The van der Waals surface area contributed by atoms with Gasteiger partial charge in [-0.2, -0.15) is 5.10 Å². The Balaban J connectivity index is 1.35. The normalized spacial score (nSPS) is 11.5. The lowest BCUT2D eigenvalue weighted by atomic mass is 9.92. The fourth-order valence-corrected chi connectivity index (χ4v) is 4.15. The van der Waals surface area contributed by atoms with Crippen molar-refractivity contribution < 1.29 is 13.9 Å². The summed E-state index contributed by atoms with van der Waals surface area (Å²) in [6.45, 7) is 7.94. The second kappa shape index (κ2) is 9.83. The molecule has 2 amide bonds. The summed E-state index contributed by atoms with van der Waals surface area (Å²) in [5.41, 5.74) is 2.67. The smallest absolute Gasteiger partial charge is 0.324 e. The Hall–Kier alpha value is -4.37. The number of aromatic amines is 1. The number of nitrogens with one attached hydrogen (secondary N) is 3. The molecule has 5 rings (SSSR count). The predicted octanol–water partition coefficient (Wildman–Crippen LogP) is 7.58. The van der Waals surface area contributed by atoms with Crippen LogP contribution in [0.25, 0.3) is 16.7 Å². The van der Waals surface area contributed by atoms with Gasteiger partial charge in [-0.25, -0.2) is 18.9 Å². The number of rotatable bonds is 5. The van der Waals surface area contributed by atoms with Crippen molar-refractivity contribution in [1.82, 2.24) is 19.7 Å². The van der Waals surface area contributed by atoms with Crippen molar-refractivity contribution in [2.24, 2.45) is 0 Å². The van der Waals surface area contributed by atoms with Crippen molar-refractivity contribution in [1.29, 1.82) is 0 Å². The summed E-state index contributed by atoms with van der Waals surface area (Å²) >= 11 is 6.38. The number of carbonyl (C=O) groups excluding carboxylic acids is 1. The zero-order chi connectivity index (χ0) is 27.0. The van der Waals surface area contributed by atoms with Gasteiger partial charge < -0.3 is 15.0 Å². The van der Waals surface area contributed by atoms with Crippen LogP contribution in [0.2, 0.25) is 5.02 Å². The van der Waals surface area contributed by atoms with Gasteiger partial charge in [-0.1, -0.05) is 50.6 Å². The standard InChI is InChI=1S/C28H26ClFN6O2/c1-16-25(29)24-21(12-13-31-26(24)32-16)38-18-10-11-20(19(30)14-18)33-27(37)34-23-15-22(28(2,3)4)35-36(23)17-8-6-5-7-9-17/h5-15H,1-4H3,(H,31,32)(H2,33,34,37). The lowest BCUT2D eigenvalue weighted by Gasteiger charge is -2.14. The molecule has 2 aromatic carbocycles. The first-order valence-electron chi connectivity index (χ1n) is 11.9. The Morgan fingerprint density at radius 2 is 1.84 bits per heavy atom. The SMILES string of the molecule is Cc1[nH]c2nccc(Oc3ccc(NC(=O)Nc4cc(C(C)(C)C)nn4-c4ccccc4)c(F)c3)c2c1Cl. The molecule has 3 aromatic heterocycles. The summed E-state index contributed by atoms with van der Waals surface area (Å²) in [5, 5.41) is 11.1. The zero-order valence-corrected chi connectivity index (χ0v) is 22.0. The number of hydrogen-bond donors (Lipinski definition) is 3. The summed E-state index contributed by atoms with van der Waals surface area (Å²) in [6, 6.07) is 16.5. The van der Waals surface area contributed by atoms with Gasteiger partial charge in [0.05, 0.1) is 27.5 Å². The molecule has 10 heteroatoms. The molecule has 0 unspecified atom stereocenters. The van der Waals surface area contributed by atoms with Crippen molar-refractivity contribution in [3.63, 3.8) is 0 Å². The fraction of sp³-hybridized carbons (Fsp3) is 0.179. The average Bonchev–Trinajstić information content (AvgIpc) is 3.42. The van der Waals surface area contributed by atoms with Crippen LogP contribution in [0.5, 0.6) is 11.5 Å². The molecule has 0 fully saturated rings. The highest BCUT2D eigenvalue weighted by molar-refractivity contribution is 6.36. The highest BCUT2D eigenvalue weighted by Crippen LogP contribution is 2.36. The maximum atomic E-state index is 15.0. The number of aryl methyl sites for hydroxylation is 1. The molecule has 0 radical (unpaired) electrons. The first-order chi connectivity index (χ1) is 18.1. The van der Waals surface area contributed by atoms with Crippen molar-refractivity contribution in [2.75, 3.05) is 10.6 Å². The minimum absolute atomic E-state index is 0.00734. The van der Waals surface area contributed by atoms with Gasteiger partial charge in [0, 0.05) is 29.4 Å². The molecule has 0 saturated carbocycles. The van der Waals surface area contributed by atoms with E-state index in [4.69, 9.17) is 16.3 Å². The second-order valence-electron chi connectivity index (χ2n) is 9.83. The van der Waals surface area contributed by atoms with Crippen LogP contribution in [-0.2, 0) is 5.41 Å². The van der Waals surface area contributed by atoms with Crippen LogP contribution in [0.4, 0.5) is 20.7 Å². The molecule has 0 aliphatic carbocycles.